The highest BCUT2D eigenvalue weighted by Gasteiger charge is 2.18. The molecule has 0 saturated carbocycles. The zero-order valence-corrected chi connectivity index (χ0v) is 12.6. The lowest BCUT2D eigenvalue weighted by atomic mass is 10.0. The molecule has 6 nitrogen and oxygen atoms in total. The van der Waals surface area contributed by atoms with Crippen molar-refractivity contribution in [3.8, 4) is 0 Å². The van der Waals surface area contributed by atoms with Gasteiger partial charge in [0.1, 0.15) is 5.69 Å². The van der Waals surface area contributed by atoms with Crippen LogP contribution in [0.2, 0.25) is 0 Å². The fraction of sp³-hybridized carbons (Fsp3) is 0.312. The predicted octanol–water partition coefficient (Wildman–Crippen LogP) is 2.06. The smallest absolute Gasteiger partial charge is 0.303 e. The number of carbonyl (C=O) groups is 2. The third kappa shape index (κ3) is 3.94. The molecule has 1 aromatic heterocycles. The molecule has 0 radical (unpaired) electrons. The minimum absolute atomic E-state index is 0.0128. The Balaban J connectivity index is 2.15. The molecule has 1 aromatic carbocycles. The van der Waals surface area contributed by atoms with Crippen molar-refractivity contribution >= 4 is 11.9 Å². The fourth-order valence-corrected chi connectivity index (χ4v) is 2.18. The first kappa shape index (κ1) is 15.8. The Morgan fingerprint density at radius 3 is 2.55 bits per heavy atom. The Morgan fingerprint density at radius 2 is 2.00 bits per heavy atom. The summed E-state index contributed by atoms with van der Waals surface area (Å²) in [4.78, 5) is 23.1. The molecule has 1 unspecified atom stereocenters. The van der Waals surface area contributed by atoms with Crippen molar-refractivity contribution in [1.82, 2.24) is 15.1 Å². The number of aryl methyl sites for hydroxylation is 2. The van der Waals surface area contributed by atoms with Gasteiger partial charge in [0.05, 0.1) is 6.04 Å². The van der Waals surface area contributed by atoms with Gasteiger partial charge in [-0.2, -0.15) is 5.10 Å². The number of nitrogens with zero attached hydrogens (tertiary/aromatic N) is 2. The van der Waals surface area contributed by atoms with Gasteiger partial charge in [-0.3, -0.25) is 14.3 Å². The van der Waals surface area contributed by atoms with Crippen LogP contribution in [0.4, 0.5) is 0 Å². The predicted molar refractivity (Wildman–Crippen MR) is 81.5 cm³/mol. The van der Waals surface area contributed by atoms with Crippen LogP contribution >= 0.6 is 0 Å². The lowest BCUT2D eigenvalue weighted by Crippen LogP contribution is -2.29. The van der Waals surface area contributed by atoms with Crippen molar-refractivity contribution in [3.05, 3.63) is 53.3 Å². The second kappa shape index (κ2) is 6.89. The number of amides is 1. The molecule has 0 fully saturated rings. The van der Waals surface area contributed by atoms with Crippen molar-refractivity contribution in [2.24, 2.45) is 7.05 Å². The number of hydrogen-bond acceptors (Lipinski definition) is 3. The Labute approximate surface area is 128 Å². The average Bonchev–Trinajstić information content (AvgIpc) is 2.83. The number of benzene rings is 1. The molecule has 6 heteroatoms. The summed E-state index contributed by atoms with van der Waals surface area (Å²) in [5, 5.41) is 15.9. The number of carboxylic acid groups (broad SMARTS) is 1. The molecule has 0 bridgehead atoms. The summed E-state index contributed by atoms with van der Waals surface area (Å²) in [6.07, 6.45) is 0.317. The van der Waals surface area contributed by atoms with Crippen molar-refractivity contribution in [2.45, 2.75) is 25.8 Å². The van der Waals surface area contributed by atoms with Crippen molar-refractivity contribution in [2.75, 3.05) is 0 Å². The van der Waals surface area contributed by atoms with E-state index in [0.29, 0.717) is 12.1 Å². The standard InChI is InChI=1S/C16H19N3O3/c1-11-10-14(18-19(11)2)16(22)17-13(8-9-15(20)21)12-6-4-3-5-7-12/h3-7,10,13H,8-9H2,1-2H3,(H,17,22)(H,20,21). The maximum Gasteiger partial charge on any atom is 0.303 e. The molecule has 2 aromatic rings. The number of carbonyl (C=O) groups excluding carboxylic acids is 1. The first-order valence-electron chi connectivity index (χ1n) is 7.05. The third-order valence-corrected chi connectivity index (χ3v) is 3.50. The number of hydrogen-bond donors (Lipinski definition) is 2. The van der Waals surface area contributed by atoms with Crippen LogP contribution in [0.1, 0.15) is 40.6 Å². The minimum atomic E-state index is -0.885. The molecular formula is C16H19N3O3. The van der Waals surface area contributed by atoms with E-state index in [0.717, 1.165) is 11.3 Å². The van der Waals surface area contributed by atoms with E-state index in [-0.39, 0.29) is 18.4 Å². The van der Waals surface area contributed by atoms with E-state index in [1.807, 2.05) is 37.3 Å². The average molecular weight is 301 g/mol. The summed E-state index contributed by atoms with van der Waals surface area (Å²) in [6, 6.07) is 10.7. The van der Waals surface area contributed by atoms with E-state index >= 15 is 0 Å². The quantitative estimate of drug-likeness (QED) is 0.855. The van der Waals surface area contributed by atoms with E-state index in [1.165, 1.54) is 0 Å². The molecular weight excluding hydrogens is 282 g/mol. The number of aromatic nitrogens is 2. The van der Waals surface area contributed by atoms with Gasteiger partial charge in [0.15, 0.2) is 0 Å². The Bertz CT molecular complexity index is 645. The maximum atomic E-state index is 12.3. The highest BCUT2D eigenvalue weighted by Crippen LogP contribution is 2.19. The second-order valence-electron chi connectivity index (χ2n) is 5.16. The molecule has 1 atom stereocenters. The number of aliphatic carboxylic acids is 1. The minimum Gasteiger partial charge on any atom is -0.481 e. The van der Waals surface area contributed by atoms with Gasteiger partial charge in [-0.15, -0.1) is 0 Å². The Kier molecular flexibility index (Phi) is 4.93. The highest BCUT2D eigenvalue weighted by atomic mass is 16.4. The zero-order valence-electron chi connectivity index (χ0n) is 12.6. The SMILES string of the molecule is Cc1cc(C(=O)NC(CCC(=O)O)c2ccccc2)nn1C. The van der Waals surface area contributed by atoms with Gasteiger partial charge in [0.25, 0.3) is 5.91 Å². The first-order valence-corrected chi connectivity index (χ1v) is 7.05. The van der Waals surface area contributed by atoms with E-state index in [1.54, 1.807) is 17.8 Å². The van der Waals surface area contributed by atoms with Crippen LogP contribution in [-0.2, 0) is 11.8 Å². The summed E-state index contributed by atoms with van der Waals surface area (Å²) in [5.74, 6) is -1.19. The van der Waals surface area contributed by atoms with Gasteiger partial charge in [0.2, 0.25) is 0 Å². The first-order chi connectivity index (χ1) is 10.5. The van der Waals surface area contributed by atoms with Crippen LogP contribution in [0.5, 0.6) is 0 Å². The molecule has 0 saturated heterocycles. The Morgan fingerprint density at radius 1 is 1.32 bits per heavy atom. The molecule has 1 heterocycles. The summed E-state index contributed by atoms with van der Waals surface area (Å²) in [5.41, 5.74) is 2.09. The maximum absolute atomic E-state index is 12.3. The zero-order chi connectivity index (χ0) is 16.1. The van der Waals surface area contributed by atoms with Crippen LogP contribution < -0.4 is 5.32 Å². The lowest BCUT2D eigenvalue weighted by Gasteiger charge is -2.17. The monoisotopic (exact) mass is 301 g/mol. The number of carboxylic acids is 1. The van der Waals surface area contributed by atoms with Crippen molar-refractivity contribution in [1.29, 1.82) is 0 Å². The number of rotatable bonds is 6. The molecule has 1 amide bonds. The van der Waals surface area contributed by atoms with Crippen molar-refractivity contribution < 1.29 is 14.7 Å². The highest BCUT2D eigenvalue weighted by molar-refractivity contribution is 5.92. The third-order valence-electron chi connectivity index (χ3n) is 3.50. The summed E-state index contributed by atoms with van der Waals surface area (Å²) in [6.45, 7) is 1.86. The van der Waals surface area contributed by atoms with Crippen molar-refractivity contribution in [3.63, 3.8) is 0 Å². The van der Waals surface area contributed by atoms with Gasteiger partial charge in [0, 0.05) is 19.2 Å². The molecule has 2 N–H and O–H groups in total. The molecule has 116 valence electrons. The second-order valence-corrected chi connectivity index (χ2v) is 5.16. The van der Waals surface area contributed by atoms with Crippen LogP contribution in [0.25, 0.3) is 0 Å². The topological polar surface area (TPSA) is 84.2 Å². The van der Waals surface area contributed by atoms with E-state index < -0.39 is 5.97 Å². The van der Waals surface area contributed by atoms with Gasteiger partial charge in [-0.05, 0) is 25.0 Å². The lowest BCUT2D eigenvalue weighted by molar-refractivity contribution is -0.137. The largest absolute Gasteiger partial charge is 0.481 e. The van der Waals surface area contributed by atoms with Crippen LogP contribution in [0, 0.1) is 6.92 Å². The summed E-state index contributed by atoms with van der Waals surface area (Å²) in [7, 11) is 1.77. The molecule has 0 aliphatic rings. The van der Waals surface area contributed by atoms with E-state index in [9.17, 15) is 9.59 Å². The van der Waals surface area contributed by atoms with Crippen LogP contribution in [0.3, 0.4) is 0 Å². The molecule has 0 spiro atoms. The van der Waals surface area contributed by atoms with Gasteiger partial charge >= 0.3 is 5.97 Å². The van der Waals surface area contributed by atoms with Crippen LogP contribution in [-0.4, -0.2) is 26.8 Å². The summed E-state index contributed by atoms with van der Waals surface area (Å²) < 4.78 is 1.63. The molecule has 0 aliphatic carbocycles. The van der Waals surface area contributed by atoms with Crippen LogP contribution in [0.15, 0.2) is 36.4 Å². The molecule has 2 rings (SSSR count). The van der Waals surface area contributed by atoms with Gasteiger partial charge in [-0.1, -0.05) is 30.3 Å². The van der Waals surface area contributed by atoms with Gasteiger partial charge < -0.3 is 10.4 Å². The fourth-order valence-electron chi connectivity index (χ4n) is 2.18. The molecule has 22 heavy (non-hydrogen) atoms. The van der Waals surface area contributed by atoms with E-state index in [2.05, 4.69) is 10.4 Å². The Hall–Kier alpha value is -2.63. The normalized spacial score (nSPS) is 11.9. The van der Waals surface area contributed by atoms with Gasteiger partial charge in [-0.25, -0.2) is 0 Å². The molecule has 0 aliphatic heterocycles. The number of nitrogens with one attached hydrogen (secondary N) is 1. The summed E-state index contributed by atoms with van der Waals surface area (Å²) >= 11 is 0. The van der Waals surface area contributed by atoms with E-state index in [4.69, 9.17) is 5.11 Å².